The van der Waals surface area contributed by atoms with Gasteiger partial charge in [-0.05, 0) is 23.8 Å². The molecule has 1 saturated heterocycles. The molecule has 1 unspecified atom stereocenters. The Labute approximate surface area is 144 Å². The highest BCUT2D eigenvalue weighted by Crippen LogP contribution is 2.30. The topological polar surface area (TPSA) is 99.9 Å². The summed E-state index contributed by atoms with van der Waals surface area (Å²) in [4.78, 5) is 14.2. The number of carbonyl (C=O) groups is 1. The Hall–Kier alpha value is -3.00. The molecule has 0 aliphatic carbocycles. The predicted octanol–water partition coefficient (Wildman–Crippen LogP) is 0.653. The van der Waals surface area contributed by atoms with E-state index in [0.717, 1.165) is 11.3 Å². The molecule has 128 valence electrons. The number of aromatic nitrogens is 5. The summed E-state index contributed by atoms with van der Waals surface area (Å²) < 4.78 is 1.77. The van der Waals surface area contributed by atoms with Crippen molar-refractivity contribution in [1.29, 1.82) is 0 Å². The van der Waals surface area contributed by atoms with E-state index in [1.165, 1.54) is 6.20 Å². The Morgan fingerprint density at radius 2 is 2.16 bits per heavy atom. The van der Waals surface area contributed by atoms with Gasteiger partial charge in [0.1, 0.15) is 11.3 Å². The van der Waals surface area contributed by atoms with E-state index < -0.39 is 5.60 Å². The van der Waals surface area contributed by atoms with Gasteiger partial charge in [0.25, 0.3) is 0 Å². The standard InChI is InChI=1S/C17H18N6O2/c24-16(22-9-6-17(25,12-22)15-11-18-21-20-15)10-13-2-4-14(5-3-13)23-8-1-7-19-23/h1-5,7-8,11,25H,6,9-10,12H2,(H,18,20,21). The maximum atomic E-state index is 12.5. The van der Waals surface area contributed by atoms with Crippen LogP contribution >= 0.6 is 0 Å². The highest BCUT2D eigenvalue weighted by molar-refractivity contribution is 5.79. The number of rotatable bonds is 4. The lowest BCUT2D eigenvalue weighted by atomic mass is 10.00. The smallest absolute Gasteiger partial charge is 0.227 e. The monoisotopic (exact) mass is 338 g/mol. The van der Waals surface area contributed by atoms with Crippen LogP contribution in [0.1, 0.15) is 17.7 Å². The maximum Gasteiger partial charge on any atom is 0.227 e. The van der Waals surface area contributed by atoms with E-state index in [0.29, 0.717) is 25.1 Å². The van der Waals surface area contributed by atoms with Gasteiger partial charge in [-0.25, -0.2) is 4.68 Å². The number of H-pyrrole nitrogens is 1. The van der Waals surface area contributed by atoms with E-state index >= 15 is 0 Å². The van der Waals surface area contributed by atoms with Crippen molar-refractivity contribution in [2.45, 2.75) is 18.4 Å². The van der Waals surface area contributed by atoms with Gasteiger partial charge in [-0.2, -0.15) is 20.5 Å². The molecule has 1 aliphatic heterocycles. The summed E-state index contributed by atoms with van der Waals surface area (Å²) in [7, 11) is 0. The van der Waals surface area contributed by atoms with Crippen molar-refractivity contribution in [2.75, 3.05) is 13.1 Å². The highest BCUT2D eigenvalue weighted by Gasteiger charge is 2.41. The van der Waals surface area contributed by atoms with E-state index in [-0.39, 0.29) is 12.5 Å². The Morgan fingerprint density at radius 1 is 1.32 bits per heavy atom. The van der Waals surface area contributed by atoms with Gasteiger partial charge < -0.3 is 10.0 Å². The molecule has 2 aromatic heterocycles. The largest absolute Gasteiger partial charge is 0.381 e. The summed E-state index contributed by atoms with van der Waals surface area (Å²) >= 11 is 0. The summed E-state index contributed by atoms with van der Waals surface area (Å²) in [6, 6.07) is 9.58. The lowest BCUT2D eigenvalue weighted by Gasteiger charge is -2.21. The molecule has 0 radical (unpaired) electrons. The van der Waals surface area contributed by atoms with Crippen molar-refractivity contribution < 1.29 is 9.90 Å². The number of nitrogens with one attached hydrogen (secondary N) is 1. The fourth-order valence-electron chi connectivity index (χ4n) is 3.12. The first-order valence-electron chi connectivity index (χ1n) is 8.09. The van der Waals surface area contributed by atoms with Crippen LogP contribution in [0.25, 0.3) is 5.69 Å². The van der Waals surface area contributed by atoms with Crippen molar-refractivity contribution in [2.24, 2.45) is 0 Å². The number of likely N-dealkylation sites (tertiary alicyclic amines) is 1. The Balaban J connectivity index is 1.41. The molecule has 1 fully saturated rings. The zero-order valence-electron chi connectivity index (χ0n) is 13.5. The molecule has 25 heavy (non-hydrogen) atoms. The number of amides is 1. The number of aromatic amines is 1. The van der Waals surface area contributed by atoms with Gasteiger partial charge >= 0.3 is 0 Å². The molecule has 2 N–H and O–H groups in total. The lowest BCUT2D eigenvalue weighted by Crippen LogP contribution is -2.35. The van der Waals surface area contributed by atoms with Gasteiger partial charge in [-0.3, -0.25) is 4.79 Å². The number of nitrogens with zero attached hydrogens (tertiary/aromatic N) is 5. The Bertz CT molecular complexity index is 844. The molecule has 0 saturated carbocycles. The normalized spacial score (nSPS) is 20.1. The van der Waals surface area contributed by atoms with Gasteiger partial charge in [0.15, 0.2) is 0 Å². The average molecular weight is 338 g/mol. The average Bonchev–Trinajstić information content (AvgIpc) is 3.37. The summed E-state index contributed by atoms with van der Waals surface area (Å²) in [6.45, 7) is 0.747. The van der Waals surface area contributed by atoms with Crippen molar-refractivity contribution in [3.05, 3.63) is 60.2 Å². The van der Waals surface area contributed by atoms with Crippen molar-refractivity contribution in [1.82, 2.24) is 30.1 Å². The first-order chi connectivity index (χ1) is 12.1. The van der Waals surface area contributed by atoms with Crippen LogP contribution in [-0.4, -0.2) is 54.2 Å². The third-order valence-corrected chi connectivity index (χ3v) is 4.55. The second kappa shape index (κ2) is 6.14. The van der Waals surface area contributed by atoms with Crippen LogP contribution in [0.3, 0.4) is 0 Å². The first-order valence-corrected chi connectivity index (χ1v) is 8.09. The minimum atomic E-state index is -1.12. The number of β-amino-alcohol motifs (C(OH)–C–C–N with tert-alkyl or cyclic N) is 1. The van der Waals surface area contributed by atoms with Crippen molar-refractivity contribution in [3.8, 4) is 5.69 Å². The van der Waals surface area contributed by atoms with Crippen molar-refractivity contribution in [3.63, 3.8) is 0 Å². The lowest BCUT2D eigenvalue weighted by molar-refractivity contribution is -0.130. The van der Waals surface area contributed by atoms with Crippen LogP contribution in [0.5, 0.6) is 0 Å². The fourth-order valence-corrected chi connectivity index (χ4v) is 3.12. The summed E-state index contributed by atoms with van der Waals surface area (Å²) in [6.07, 6.45) is 5.86. The maximum absolute atomic E-state index is 12.5. The summed E-state index contributed by atoms with van der Waals surface area (Å²) in [5, 5.41) is 25.0. The molecule has 8 nitrogen and oxygen atoms in total. The second-order valence-electron chi connectivity index (χ2n) is 6.25. The van der Waals surface area contributed by atoms with E-state index in [2.05, 4.69) is 20.5 Å². The van der Waals surface area contributed by atoms with Crippen LogP contribution in [0.2, 0.25) is 0 Å². The SMILES string of the molecule is O=C(Cc1ccc(-n2cccn2)cc1)N1CCC(O)(c2cn[nH]n2)C1. The second-order valence-corrected chi connectivity index (χ2v) is 6.25. The number of carbonyl (C=O) groups excluding carboxylic acids is 1. The fraction of sp³-hybridized carbons (Fsp3) is 0.294. The van der Waals surface area contributed by atoms with Gasteiger partial charge in [-0.15, -0.1) is 0 Å². The van der Waals surface area contributed by atoms with E-state index in [4.69, 9.17) is 0 Å². The Morgan fingerprint density at radius 3 is 2.84 bits per heavy atom. The molecule has 1 amide bonds. The number of hydrogen-bond acceptors (Lipinski definition) is 5. The third-order valence-electron chi connectivity index (χ3n) is 4.55. The quantitative estimate of drug-likeness (QED) is 0.728. The van der Waals surface area contributed by atoms with Gasteiger partial charge in [0.2, 0.25) is 5.91 Å². The molecule has 0 bridgehead atoms. The van der Waals surface area contributed by atoms with E-state index in [1.807, 2.05) is 36.5 Å². The molecule has 4 rings (SSSR count). The number of benzene rings is 1. The molecular formula is C17H18N6O2. The molecule has 3 aromatic rings. The van der Waals surface area contributed by atoms with Gasteiger partial charge in [0, 0.05) is 25.4 Å². The van der Waals surface area contributed by atoms with Gasteiger partial charge in [-0.1, -0.05) is 12.1 Å². The molecular weight excluding hydrogens is 320 g/mol. The summed E-state index contributed by atoms with van der Waals surface area (Å²) in [5.74, 6) is -0.00809. The first kappa shape index (κ1) is 15.5. The highest BCUT2D eigenvalue weighted by atomic mass is 16.3. The molecule has 1 aromatic carbocycles. The van der Waals surface area contributed by atoms with Crippen LogP contribution in [0.4, 0.5) is 0 Å². The molecule has 8 heteroatoms. The molecule has 0 spiro atoms. The van der Waals surface area contributed by atoms with Gasteiger partial charge in [0.05, 0.1) is 24.8 Å². The molecule has 3 heterocycles. The predicted molar refractivity (Wildman–Crippen MR) is 88.7 cm³/mol. The summed E-state index contributed by atoms with van der Waals surface area (Å²) in [5.41, 5.74) is 1.24. The number of hydrogen-bond donors (Lipinski definition) is 2. The van der Waals surface area contributed by atoms with Crippen LogP contribution in [0, 0.1) is 0 Å². The zero-order valence-corrected chi connectivity index (χ0v) is 13.5. The van der Waals surface area contributed by atoms with Crippen molar-refractivity contribution >= 4 is 5.91 Å². The zero-order chi connectivity index (χ0) is 17.3. The molecule has 1 atom stereocenters. The minimum Gasteiger partial charge on any atom is -0.381 e. The van der Waals surface area contributed by atoms with E-state index in [9.17, 15) is 9.90 Å². The van der Waals surface area contributed by atoms with E-state index in [1.54, 1.807) is 15.8 Å². The van der Waals surface area contributed by atoms with Crippen LogP contribution < -0.4 is 0 Å². The Kier molecular flexibility index (Phi) is 3.81. The van der Waals surface area contributed by atoms with Crippen LogP contribution in [0.15, 0.2) is 48.9 Å². The van der Waals surface area contributed by atoms with Crippen LogP contribution in [-0.2, 0) is 16.8 Å². The molecule has 1 aliphatic rings. The third kappa shape index (κ3) is 3.03. The minimum absolute atomic E-state index is 0.00809. The number of aliphatic hydroxyl groups is 1.